The fourth-order valence-electron chi connectivity index (χ4n) is 3.71. The summed E-state index contributed by atoms with van der Waals surface area (Å²) >= 11 is 0. The molecule has 0 saturated carbocycles. The molecule has 112 valence electrons. The van der Waals surface area contributed by atoms with Gasteiger partial charge < -0.3 is 9.47 Å². The van der Waals surface area contributed by atoms with Gasteiger partial charge in [-0.15, -0.1) is 0 Å². The van der Waals surface area contributed by atoms with Crippen LogP contribution in [0.3, 0.4) is 0 Å². The molecule has 1 aromatic carbocycles. The summed E-state index contributed by atoms with van der Waals surface area (Å²) in [5.41, 5.74) is 5.25. The Labute approximate surface area is 125 Å². The van der Waals surface area contributed by atoms with Crippen LogP contribution >= 0.6 is 0 Å². The summed E-state index contributed by atoms with van der Waals surface area (Å²) in [6.45, 7) is 2.03. The van der Waals surface area contributed by atoms with Crippen molar-refractivity contribution in [2.45, 2.75) is 39.0 Å². The number of carbonyl (C=O) groups is 1. The molecule has 0 radical (unpaired) electrons. The molecule has 0 spiro atoms. The summed E-state index contributed by atoms with van der Waals surface area (Å²) in [6.07, 6.45) is 4.73. The molecule has 0 aliphatic heterocycles. The van der Waals surface area contributed by atoms with Gasteiger partial charge in [0.25, 0.3) is 0 Å². The van der Waals surface area contributed by atoms with Crippen molar-refractivity contribution >= 4 is 11.5 Å². The highest BCUT2D eigenvalue weighted by atomic mass is 16.5. The van der Waals surface area contributed by atoms with Crippen LogP contribution in [0.4, 0.5) is 0 Å². The van der Waals surface area contributed by atoms with Crippen molar-refractivity contribution in [3.63, 3.8) is 0 Å². The molecule has 0 fully saturated rings. The van der Waals surface area contributed by atoms with E-state index in [1.165, 1.54) is 29.4 Å². The van der Waals surface area contributed by atoms with Crippen molar-refractivity contribution in [2.24, 2.45) is 5.41 Å². The van der Waals surface area contributed by atoms with Gasteiger partial charge in [0.05, 0.1) is 19.6 Å². The summed E-state index contributed by atoms with van der Waals surface area (Å²) in [5.74, 6) is 0.850. The minimum atomic E-state index is -0.350. The van der Waals surface area contributed by atoms with Crippen LogP contribution < -0.4 is 4.74 Å². The third kappa shape index (κ3) is 2.35. The lowest BCUT2D eigenvalue weighted by Crippen LogP contribution is -2.33. The maximum absolute atomic E-state index is 12.0. The first-order valence-corrected chi connectivity index (χ1v) is 7.54. The number of hydrogen-bond donors (Lipinski definition) is 0. The van der Waals surface area contributed by atoms with Gasteiger partial charge in [0.2, 0.25) is 0 Å². The molecule has 3 heteroatoms. The predicted octanol–water partition coefficient (Wildman–Crippen LogP) is 3.76. The number of esters is 1. The first-order valence-electron chi connectivity index (χ1n) is 7.54. The monoisotopic (exact) mass is 286 g/mol. The normalized spacial score (nSPS) is 24.1. The molecule has 2 aliphatic rings. The van der Waals surface area contributed by atoms with E-state index < -0.39 is 0 Å². The third-order valence-corrected chi connectivity index (χ3v) is 4.97. The first-order chi connectivity index (χ1) is 10.1. The number of allylic oxidation sites excluding steroid dienone is 2. The van der Waals surface area contributed by atoms with E-state index in [0.717, 1.165) is 37.9 Å². The molecule has 0 saturated heterocycles. The summed E-state index contributed by atoms with van der Waals surface area (Å²) in [6, 6.07) is 6.35. The minimum Gasteiger partial charge on any atom is -0.497 e. The van der Waals surface area contributed by atoms with Crippen LogP contribution in [-0.4, -0.2) is 20.2 Å². The van der Waals surface area contributed by atoms with Crippen LogP contribution in [0.5, 0.6) is 5.75 Å². The van der Waals surface area contributed by atoms with Gasteiger partial charge in [-0.05, 0) is 67.9 Å². The molecule has 0 aromatic heterocycles. The van der Waals surface area contributed by atoms with Gasteiger partial charge in [-0.3, -0.25) is 4.79 Å². The second-order valence-electron chi connectivity index (χ2n) is 6.33. The highest BCUT2D eigenvalue weighted by Gasteiger charge is 2.40. The lowest BCUT2D eigenvalue weighted by molar-refractivity contribution is -0.152. The smallest absolute Gasteiger partial charge is 0.311 e. The molecular weight excluding hydrogens is 264 g/mol. The molecule has 3 nitrogen and oxygen atoms in total. The van der Waals surface area contributed by atoms with Crippen molar-refractivity contribution < 1.29 is 14.3 Å². The maximum Gasteiger partial charge on any atom is 0.311 e. The van der Waals surface area contributed by atoms with E-state index in [1.54, 1.807) is 7.11 Å². The standard InChI is InChI=1S/C18H22O3/c1-18(17(19)21-3)9-8-16-13(11-18)5-4-12-10-14(20-2)6-7-15(12)16/h6-7,10H,4-5,8-9,11H2,1-3H3. The molecule has 3 rings (SSSR count). The SMILES string of the molecule is COC(=O)C1(C)CCC2=C(CCc3cc(OC)ccc32)C1. The molecule has 0 bridgehead atoms. The molecule has 0 N–H and O–H groups in total. The van der Waals surface area contributed by atoms with Gasteiger partial charge in [-0.2, -0.15) is 0 Å². The van der Waals surface area contributed by atoms with Gasteiger partial charge in [0.1, 0.15) is 5.75 Å². The Morgan fingerprint density at radius 2 is 2.00 bits per heavy atom. The number of rotatable bonds is 2. The third-order valence-electron chi connectivity index (χ3n) is 4.97. The number of fused-ring (bicyclic) bond motifs is 2. The summed E-state index contributed by atoms with van der Waals surface area (Å²) in [5, 5.41) is 0. The van der Waals surface area contributed by atoms with Crippen LogP contribution in [0.25, 0.3) is 5.57 Å². The van der Waals surface area contributed by atoms with E-state index in [2.05, 4.69) is 12.1 Å². The van der Waals surface area contributed by atoms with Crippen molar-refractivity contribution in [3.05, 3.63) is 34.9 Å². The minimum absolute atomic E-state index is 0.0745. The summed E-state index contributed by atoms with van der Waals surface area (Å²) in [7, 11) is 3.19. The summed E-state index contributed by atoms with van der Waals surface area (Å²) < 4.78 is 10.3. The maximum atomic E-state index is 12.0. The Bertz CT molecular complexity index is 615. The first kappa shape index (κ1) is 14.2. The van der Waals surface area contributed by atoms with E-state index in [9.17, 15) is 4.79 Å². The highest BCUT2D eigenvalue weighted by Crippen LogP contribution is 2.48. The number of benzene rings is 1. The molecule has 0 heterocycles. The van der Waals surface area contributed by atoms with Crippen LogP contribution in [-0.2, 0) is 16.0 Å². The van der Waals surface area contributed by atoms with Crippen LogP contribution in [0.1, 0.15) is 43.7 Å². The van der Waals surface area contributed by atoms with Gasteiger partial charge in [0.15, 0.2) is 0 Å². The Morgan fingerprint density at radius 3 is 2.71 bits per heavy atom. The molecule has 1 unspecified atom stereocenters. The number of methoxy groups -OCH3 is 2. The molecule has 21 heavy (non-hydrogen) atoms. The lowest BCUT2D eigenvalue weighted by Gasteiger charge is -2.36. The highest BCUT2D eigenvalue weighted by molar-refractivity contribution is 5.81. The van der Waals surface area contributed by atoms with Gasteiger partial charge in [-0.1, -0.05) is 11.6 Å². The van der Waals surface area contributed by atoms with Gasteiger partial charge >= 0.3 is 5.97 Å². The van der Waals surface area contributed by atoms with E-state index in [4.69, 9.17) is 9.47 Å². The second-order valence-corrected chi connectivity index (χ2v) is 6.33. The zero-order chi connectivity index (χ0) is 15.0. The Kier molecular flexibility index (Phi) is 3.52. The van der Waals surface area contributed by atoms with Crippen molar-refractivity contribution in [2.75, 3.05) is 14.2 Å². The fourth-order valence-corrected chi connectivity index (χ4v) is 3.71. The summed E-state index contributed by atoms with van der Waals surface area (Å²) in [4.78, 5) is 12.0. The van der Waals surface area contributed by atoms with Crippen LogP contribution in [0, 0.1) is 5.41 Å². The fraction of sp³-hybridized carbons (Fsp3) is 0.500. The number of hydrogen-bond acceptors (Lipinski definition) is 3. The largest absolute Gasteiger partial charge is 0.497 e. The molecule has 1 atom stereocenters. The molecular formula is C18H22O3. The zero-order valence-corrected chi connectivity index (χ0v) is 13.0. The van der Waals surface area contributed by atoms with Gasteiger partial charge in [0, 0.05) is 0 Å². The van der Waals surface area contributed by atoms with Crippen molar-refractivity contribution in [1.29, 1.82) is 0 Å². The zero-order valence-electron chi connectivity index (χ0n) is 13.0. The Balaban J connectivity index is 1.95. The predicted molar refractivity (Wildman–Crippen MR) is 82.2 cm³/mol. The lowest BCUT2D eigenvalue weighted by atomic mass is 9.68. The quantitative estimate of drug-likeness (QED) is 0.777. The Hall–Kier alpha value is -1.77. The van der Waals surface area contributed by atoms with Crippen molar-refractivity contribution in [1.82, 2.24) is 0 Å². The molecule has 2 aliphatic carbocycles. The van der Waals surface area contributed by atoms with E-state index in [0.29, 0.717) is 0 Å². The molecule has 1 aromatic rings. The van der Waals surface area contributed by atoms with Crippen molar-refractivity contribution in [3.8, 4) is 5.75 Å². The van der Waals surface area contributed by atoms with Crippen LogP contribution in [0.2, 0.25) is 0 Å². The topological polar surface area (TPSA) is 35.5 Å². The number of carbonyl (C=O) groups excluding carboxylic acids is 1. The Morgan fingerprint density at radius 1 is 1.19 bits per heavy atom. The molecule has 0 amide bonds. The average Bonchev–Trinajstić information content (AvgIpc) is 2.52. The average molecular weight is 286 g/mol. The van der Waals surface area contributed by atoms with E-state index in [1.807, 2.05) is 13.0 Å². The van der Waals surface area contributed by atoms with E-state index >= 15 is 0 Å². The van der Waals surface area contributed by atoms with Gasteiger partial charge in [-0.25, -0.2) is 0 Å². The number of aryl methyl sites for hydroxylation is 1. The van der Waals surface area contributed by atoms with E-state index in [-0.39, 0.29) is 11.4 Å². The van der Waals surface area contributed by atoms with Crippen LogP contribution in [0.15, 0.2) is 23.8 Å². The number of ether oxygens (including phenoxy) is 2. The second kappa shape index (κ2) is 5.21.